The van der Waals surface area contributed by atoms with E-state index in [9.17, 15) is 27.9 Å². The number of aryl methyl sites for hydroxylation is 1. The second kappa shape index (κ2) is 6.34. The van der Waals surface area contributed by atoms with E-state index in [4.69, 9.17) is 0 Å². The molecule has 0 spiro atoms. The van der Waals surface area contributed by atoms with Gasteiger partial charge in [-0.05, 0) is 38.0 Å². The third kappa shape index (κ3) is 3.80. The quantitative estimate of drug-likeness (QED) is 0.899. The zero-order chi connectivity index (χ0) is 18.4. The van der Waals surface area contributed by atoms with Gasteiger partial charge in [-0.25, -0.2) is 0 Å². The van der Waals surface area contributed by atoms with Crippen molar-refractivity contribution in [2.75, 3.05) is 13.1 Å². The summed E-state index contributed by atoms with van der Waals surface area (Å²) in [5, 5.41) is 13.1. The van der Waals surface area contributed by atoms with Crippen LogP contribution in [-0.2, 0) is 11.3 Å². The Hall–Kier alpha value is -2.06. The fourth-order valence-electron chi connectivity index (χ4n) is 4.01. The van der Waals surface area contributed by atoms with Crippen LogP contribution in [-0.4, -0.2) is 50.9 Å². The second-order valence-corrected chi connectivity index (χ2v) is 7.03. The molecular weight excluding hydrogens is 339 g/mol. The van der Waals surface area contributed by atoms with Crippen molar-refractivity contribution in [2.24, 2.45) is 17.8 Å². The molecule has 1 saturated carbocycles. The smallest absolute Gasteiger partial charge is 0.408 e. The Bertz CT molecular complexity index is 686. The van der Waals surface area contributed by atoms with Crippen LogP contribution in [0.25, 0.3) is 0 Å². The summed E-state index contributed by atoms with van der Waals surface area (Å²) in [5.41, 5.74) is 0.401. The Balaban J connectivity index is 1.79. The van der Waals surface area contributed by atoms with Gasteiger partial charge in [-0.1, -0.05) is 0 Å². The first-order chi connectivity index (χ1) is 11.6. The molecule has 1 aromatic heterocycles. The van der Waals surface area contributed by atoms with E-state index in [2.05, 4.69) is 5.10 Å². The van der Waals surface area contributed by atoms with Gasteiger partial charge in [0.05, 0.1) is 17.2 Å². The first-order valence-corrected chi connectivity index (χ1v) is 8.27. The Morgan fingerprint density at radius 3 is 2.68 bits per heavy atom. The second-order valence-electron chi connectivity index (χ2n) is 7.03. The standard InChI is InChI=1S/C16H20F3N3O3/c1-9-13(7-22(20-9)8-16(17,18)19)14(23)21-5-10-2-3-11(6-21)12(4-10)15(24)25/h7,10-12H,2-6,8H2,1H3,(H,24,25). The topological polar surface area (TPSA) is 75.4 Å². The number of fused-ring (bicyclic) bond motifs is 4. The maximum Gasteiger partial charge on any atom is 0.408 e. The molecule has 1 aromatic rings. The van der Waals surface area contributed by atoms with Crippen molar-refractivity contribution in [2.45, 2.75) is 38.9 Å². The van der Waals surface area contributed by atoms with Gasteiger partial charge >= 0.3 is 12.1 Å². The first kappa shape index (κ1) is 17.8. The van der Waals surface area contributed by atoms with Crippen molar-refractivity contribution in [1.29, 1.82) is 0 Å². The zero-order valence-electron chi connectivity index (χ0n) is 13.8. The summed E-state index contributed by atoms with van der Waals surface area (Å²) < 4.78 is 38.3. The lowest BCUT2D eigenvalue weighted by atomic mass is 9.76. The molecule has 0 radical (unpaired) electrons. The summed E-state index contributed by atoms with van der Waals surface area (Å²) in [6.07, 6.45) is -1.08. The third-order valence-corrected chi connectivity index (χ3v) is 5.16. The van der Waals surface area contributed by atoms with Crippen LogP contribution in [0.5, 0.6) is 0 Å². The number of amides is 1. The van der Waals surface area contributed by atoms with Crippen molar-refractivity contribution in [1.82, 2.24) is 14.7 Å². The van der Waals surface area contributed by atoms with Crippen LogP contribution in [0.2, 0.25) is 0 Å². The molecular formula is C16H20F3N3O3. The van der Waals surface area contributed by atoms with Crippen molar-refractivity contribution >= 4 is 11.9 Å². The summed E-state index contributed by atoms with van der Waals surface area (Å²) in [5.74, 6) is -1.64. The summed E-state index contributed by atoms with van der Waals surface area (Å²) >= 11 is 0. The molecule has 3 atom stereocenters. The fraction of sp³-hybridized carbons (Fsp3) is 0.688. The van der Waals surface area contributed by atoms with E-state index in [1.54, 1.807) is 4.90 Å². The maximum absolute atomic E-state index is 12.8. The summed E-state index contributed by atoms with van der Waals surface area (Å²) in [4.78, 5) is 25.8. The number of rotatable bonds is 3. The van der Waals surface area contributed by atoms with Gasteiger partial charge in [-0.3, -0.25) is 14.3 Å². The number of aromatic nitrogens is 2. The van der Waals surface area contributed by atoms with Crippen molar-refractivity contribution in [3.63, 3.8) is 0 Å². The molecule has 3 fully saturated rings. The molecule has 9 heteroatoms. The minimum absolute atomic E-state index is 0.106. The van der Waals surface area contributed by atoms with E-state index in [0.717, 1.165) is 23.7 Å². The lowest BCUT2D eigenvalue weighted by Crippen LogP contribution is -2.36. The number of hydrogen-bond donors (Lipinski definition) is 1. The number of carbonyl (C=O) groups is 2. The molecule has 4 rings (SSSR count). The number of aliphatic carboxylic acids is 1. The van der Waals surface area contributed by atoms with Crippen LogP contribution in [0.3, 0.4) is 0 Å². The van der Waals surface area contributed by atoms with Gasteiger partial charge in [-0.15, -0.1) is 0 Å². The van der Waals surface area contributed by atoms with E-state index in [1.807, 2.05) is 0 Å². The van der Waals surface area contributed by atoms with Gasteiger partial charge in [0.2, 0.25) is 0 Å². The largest absolute Gasteiger partial charge is 0.481 e. The molecule has 25 heavy (non-hydrogen) atoms. The highest BCUT2D eigenvalue weighted by Gasteiger charge is 2.41. The Kier molecular flexibility index (Phi) is 4.51. The van der Waals surface area contributed by atoms with Gasteiger partial charge in [-0.2, -0.15) is 18.3 Å². The molecule has 3 aliphatic rings. The molecule has 2 saturated heterocycles. The van der Waals surface area contributed by atoms with Crippen molar-refractivity contribution in [3.05, 3.63) is 17.5 Å². The molecule has 6 nitrogen and oxygen atoms in total. The van der Waals surface area contributed by atoms with E-state index in [0.29, 0.717) is 19.5 Å². The molecule has 2 bridgehead atoms. The highest BCUT2D eigenvalue weighted by molar-refractivity contribution is 5.95. The monoisotopic (exact) mass is 359 g/mol. The Morgan fingerprint density at radius 1 is 1.32 bits per heavy atom. The lowest BCUT2D eigenvalue weighted by Gasteiger charge is -2.28. The number of carbonyl (C=O) groups excluding carboxylic acids is 1. The molecule has 1 amide bonds. The van der Waals surface area contributed by atoms with Gasteiger partial charge in [0.1, 0.15) is 6.54 Å². The first-order valence-electron chi connectivity index (χ1n) is 8.27. The number of hydrogen-bond acceptors (Lipinski definition) is 3. The lowest BCUT2D eigenvalue weighted by molar-refractivity contribution is -0.145. The van der Waals surface area contributed by atoms with Crippen LogP contribution < -0.4 is 0 Å². The predicted molar refractivity (Wildman–Crippen MR) is 80.9 cm³/mol. The minimum atomic E-state index is -4.41. The van der Waals surface area contributed by atoms with E-state index >= 15 is 0 Å². The van der Waals surface area contributed by atoms with Gasteiger partial charge in [0.25, 0.3) is 5.91 Å². The van der Waals surface area contributed by atoms with Crippen LogP contribution >= 0.6 is 0 Å². The van der Waals surface area contributed by atoms with Gasteiger partial charge < -0.3 is 10.0 Å². The fourth-order valence-corrected chi connectivity index (χ4v) is 4.01. The summed E-state index contributed by atoms with van der Waals surface area (Å²) in [7, 11) is 0. The van der Waals surface area contributed by atoms with Gasteiger partial charge in [0.15, 0.2) is 0 Å². The highest BCUT2D eigenvalue weighted by atomic mass is 19.4. The Morgan fingerprint density at radius 2 is 2.04 bits per heavy atom. The molecule has 138 valence electrons. The molecule has 1 N–H and O–H groups in total. The van der Waals surface area contributed by atoms with Crippen LogP contribution in [0.1, 0.15) is 35.3 Å². The number of carboxylic acid groups (broad SMARTS) is 1. The Labute approximate surface area is 142 Å². The van der Waals surface area contributed by atoms with Crippen LogP contribution in [0, 0.1) is 24.7 Å². The van der Waals surface area contributed by atoms with E-state index < -0.39 is 24.6 Å². The number of carboxylic acids is 1. The number of nitrogens with zero attached hydrogens (tertiary/aromatic N) is 3. The minimum Gasteiger partial charge on any atom is -0.481 e. The average molecular weight is 359 g/mol. The van der Waals surface area contributed by atoms with Crippen molar-refractivity contribution in [3.8, 4) is 0 Å². The van der Waals surface area contributed by atoms with E-state index in [1.165, 1.54) is 6.92 Å². The van der Waals surface area contributed by atoms with Gasteiger partial charge in [0, 0.05) is 19.3 Å². The molecule has 3 unspecified atom stereocenters. The molecule has 2 aliphatic heterocycles. The zero-order valence-corrected chi connectivity index (χ0v) is 13.8. The number of halogens is 3. The van der Waals surface area contributed by atoms with Crippen molar-refractivity contribution < 1.29 is 27.9 Å². The van der Waals surface area contributed by atoms with Crippen LogP contribution in [0.4, 0.5) is 13.2 Å². The predicted octanol–water partition coefficient (Wildman–Crippen LogP) is 2.33. The SMILES string of the molecule is Cc1nn(CC(F)(F)F)cc1C(=O)N1CC2CCC(C1)C(C(=O)O)C2. The molecule has 0 aromatic carbocycles. The third-order valence-electron chi connectivity index (χ3n) is 5.16. The maximum atomic E-state index is 12.8. The number of alkyl halides is 3. The molecule has 1 aliphatic carbocycles. The summed E-state index contributed by atoms with van der Waals surface area (Å²) in [6.45, 7) is 1.04. The summed E-state index contributed by atoms with van der Waals surface area (Å²) in [6, 6.07) is 0. The highest BCUT2D eigenvalue weighted by Crippen LogP contribution is 2.39. The normalized spacial score (nSPS) is 26.6. The average Bonchev–Trinajstić information content (AvgIpc) is 2.69. The van der Waals surface area contributed by atoms with Crippen LogP contribution in [0.15, 0.2) is 6.20 Å². The molecule has 3 heterocycles. The van der Waals surface area contributed by atoms with E-state index in [-0.39, 0.29) is 29.0 Å².